The predicted molar refractivity (Wildman–Crippen MR) is 49.6 cm³/mol. The Labute approximate surface area is 102 Å². The van der Waals surface area contributed by atoms with Crippen molar-refractivity contribution in [3.05, 3.63) is 13.8 Å². The third-order valence-corrected chi connectivity index (χ3v) is 0. The molecule has 0 rings (SSSR count). The molecule has 0 aliphatic heterocycles. The average molecular weight is 213 g/mol. The monoisotopic (exact) mass is 212 g/mol. The zero-order valence-corrected chi connectivity index (χ0v) is 10.7. The average Bonchev–Trinajstić information content (AvgIpc) is 1.12. The van der Waals surface area contributed by atoms with Gasteiger partial charge in [-0.3, -0.25) is 0 Å². The quantitative estimate of drug-likeness (QED) is 0.411. The molecule has 0 N–H and O–H groups in total. The molecule has 0 atom stereocenters. The summed E-state index contributed by atoms with van der Waals surface area (Å²) in [5.41, 5.74) is 0.500. The van der Waals surface area contributed by atoms with Crippen LogP contribution in [0.15, 0.2) is 0 Å². The van der Waals surface area contributed by atoms with E-state index in [0.717, 1.165) is 0 Å². The molecule has 0 heterocycles. The van der Waals surface area contributed by atoms with Crippen LogP contribution < -0.4 is 18.9 Å². The van der Waals surface area contributed by atoms with Gasteiger partial charge in [0.1, 0.15) is 0 Å². The van der Waals surface area contributed by atoms with E-state index in [2.05, 4.69) is 55.4 Å². The zero-order valence-electron chi connectivity index (χ0n) is 9.72. The van der Waals surface area contributed by atoms with Crippen LogP contribution in [0, 0.1) is 24.7 Å². The summed E-state index contributed by atoms with van der Waals surface area (Å²) in [6, 6.07) is 0. The van der Waals surface area contributed by atoms with Crippen LogP contribution in [0.25, 0.3) is 0 Å². The molecule has 0 spiro atoms. The molecule has 0 amide bonds. The van der Waals surface area contributed by atoms with Crippen molar-refractivity contribution in [1.29, 1.82) is 0 Å². The van der Waals surface area contributed by atoms with E-state index < -0.39 is 0 Å². The van der Waals surface area contributed by atoms with Crippen LogP contribution in [-0.2, 0) is 17.1 Å². The van der Waals surface area contributed by atoms with Crippen molar-refractivity contribution in [2.75, 3.05) is 0 Å². The molecular formula is C10H22CuLi. The van der Waals surface area contributed by atoms with Gasteiger partial charge in [-0.25, -0.2) is 0 Å². The van der Waals surface area contributed by atoms with Crippen LogP contribution in [0.2, 0.25) is 0 Å². The Morgan fingerprint density at radius 1 is 0.667 bits per heavy atom. The molecule has 74 valence electrons. The Balaban J connectivity index is -0.0000000457. The van der Waals surface area contributed by atoms with Crippen molar-refractivity contribution in [1.82, 2.24) is 0 Å². The summed E-state index contributed by atoms with van der Waals surface area (Å²) >= 11 is 0. The minimum atomic E-state index is 0. The van der Waals surface area contributed by atoms with Crippen molar-refractivity contribution in [2.24, 2.45) is 10.8 Å². The molecule has 0 bridgehead atoms. The Bertz CT molecular complexity index is 52.8. The second kappa shape index (κ2) is 8.70. The van der Waals surface area contributed by atoms with Crippen LogP contribution in [-0.4, -0.2) is 0 Å². The molecular weight excluding hydrogens is 191 g/mol. The molecule has 0 fully saturated rings. The summed E-state index contributed by atoms with van der Waals surface area (Å²) in [7, 11) is 0. The fraction of sp³-hybridized carbons (Fsp3) is 0.800. The maximum atomic E-state index is 3.77. The smallest absolute Gasteiger partial charge is 0.338 e. The molecule has 0 nitrogen and oxygen atoms in total. The first-order chi connectivity index (χ1) is 4.00. The Morgan fingerprint density at radius 3 is 0.667 bits per heavy atom. The minimum Gasteiger partial charge on any atom is -0.338 e. The first-order valence-electron chi connectivity index (χ1n) is 3.71. The van der Waals surface area contributed by atoms with Gasteiger partial charge in [0.2, 0.25) is 0 Å². The van der Waals surface area contributed by atoms with E-state index in [9.17, 15) is 0 Å². The van der Waals surface area contributed by atoms with Gasteiger partial charge in [0, 0.05) is 0 Å². The Hall–Kier alpha value is 1.12. The summed E-state index contributed by atoms with van der Waals surface area (Å²) in [4.78, 5) is 0. The van der Waals surface area contributed by atoms with Gasteiger partial charge in [-0.1, -0.05) is 41.5 Å². The van der Waals surface area contributed by atoms with Gasteiger partial charge in [-0.2, -0.15) is 10.8 Å². The van der Waals surface area contributed by atoms with E-state index in [1.54, 1.807) is 0 Å². The molecule has 0 radical (unpaired) electrons. The van der Waals surface area contributed by atoms with Gasteiger partial charge in [0.25, 0.3) is 0 Å². The van der Waals surface area contributed by atoms with Crippen molar-refractivity contribution >= 4 is 0 Å². The predicted octanol–water partition coefficient (Wildman–Crippen LogP) is 0.735. The van der Waals surface area contributed by atoms with Crippen molar-refractivity contribution < 1.29 is 35.9 Å². The molecule has 0 aromatic heterocycles. The van der Waals surface area contributed by atoms with E-state index in [1.165, 1.54) is 0 Å². The molecule has 0 saturated heterocycles. The van der Waals surface area contributed by atoms with E-state index in [4.69, 9.17) is 0 Å². The van der Waals surface area contributed by atoms with E-state index in [-0.39, 0.29) is 46.8 Å². The SMILES string of the molecule is [CH2-]C(C)(C)C.[CH2-]C(C)(C)C.[Cu+].[Li+]. The first kappa shape index (κ1) is 23.2. The number of hydrogen-bond donors (Lipinski definition) is 0. The van der Waals surface area contributed by atoms with E-state index >= 15 is 0 Å². The molecule has 0 aliphatic carbocycles. The number of hydrogen-bond acceptors (Lipinski definition) is 0. The normalized spacial score (nSPS) is 10.0. The van der Waals surface area contributed by atoms with Crippen molar-refractivity contribution in [2.45, 2.75) is 41.5 Å². The summed E-state index contributed by atoms with van der Waals surface area (Å²) in [5.74, 6) is 0. The molecule has 0 unspecified atom stereocenters. The van der Waals surface area contributed by atoms with Gasteiger partial charge in [-0.05, 0) is 0 Å². The largest absolute Gasteiger partial charge is 1.00 e. The summed E-state index contributed by atoms with van der Waals surface area (Å²) in [6.07, 6.45) is 0. The third-order valence-electron chi connectivity index (χ3n) is 0. The Morgan fingerprint density at radius 2 is 0.667 bits per heavy atom. The van der Waals surface area contributed by atoms with Gasteiger partial charge in [0.05, 0.1) is 0 Å². The topological polar surface area (TPSA) is 0 Å². The third kappa shape index (κ3) is 912. The molecule has 0 aromatic rings. The second-order valence-electron chi connectivity index (χ2n) is 5.12. The van der Waals surface area contributed by atoms with Crippen LogP contribution in [0.1, 0.15) is 41.5 Å². The van der Waals surface area contributed by atoms with Gasteiger partial charge >= 0.3 is 35.9 Å². The van der Waals surface area contributed by atoms with Crippen LogP contribution in [0.4, 0.5) is 0 Å². The maximum Gasteiger partial charge on any atom is 1.00 e. The van der Waals surface area contributed by atoms with Gasteiger partial charge in [0.15, 0.2) is 0 Å². The maximum absolute atomic E-state index is 3.77. The van der Waals surface area contributed by atoms with E-state index in [0.29, 0.717) is 0 Å². The van der Waals surface area contributed by atoms with Gasteiger partial charge < -0.3 is 13.8 Å². The fourth-order valence-electron chi connectivity index (χ4n) is 0. The van der Waals surface area contributed by atoms with Crippen LogP contribution in [0.5, 0.6) is 0 Å². The standard InChI is InChI=1S/2C5H11.Cu.Li/c2*1-5(2,3)4;;/h2*1H2,2-4H3;;/q2*-1;2*+1. The minimum absolute atomic E-state index is 0. The van der Waals surface area contributed by atoms with Crippen molar-refractivity contribution in [3.63, 3.8) is 0 Å². The molecule has 12 heavy (non-hydrogen) atoms. The molecule has 0 aromatic carbocycles. The van der Waals surface area contributed by atoms with Crippen LogP contribution >= 0.6 is 0 Å². The van der Waals surface area contributed by atoms with E-state index in [1.807, 2.05) is 0 Å². The second-order valence-corrected chi connectivity index (χ2v) is 5.12. The summed E-state index contributed by atoms with van der Waals surface area (Å²) in [6.45, 7) is 20.0. The molecule has 0 saturated carbocycles. The van der Waals surface area contributed by atoms with Crippen LogP contribution in [0.3, 0.4) is 0 Å². The molecule has 2 heteroatoms. The first-order valence-corrected chi connectivity index (χ1v) is 3.71. The van der Waals surface area contributed by atoms with Crippen molar-refractivity contribution in [3.8, 4) is 0 Å². The Kier molecular flexibility index (Phi) is 16.8. The molecule has 0 aliphatic rings. The number of rotatable bonds is 0. The zero-order chi connectivity index (χ0) is 9.00. The summed E-state index contributed by atoms with van der Waals surface area (Å²) < 4.78 is 0. The summed E-state index contributed by atoms with van der Waals surface area (Å²) in [5, 5.41) is 0. The fourth-order valence-corrected chi connectivity index (χ4v) is 0. The van der Waals surface area contributed by atoms with Gasteiger partial charge in [-0.15, -0.1) is 0 Å².